The van der Waals surface area contributed by atoms with Gasteiger partial charge in [-0.05, 0) is 49.9 Å². The van der Waals surface area contributed by atoms with Gasteiger partial charge in [0, 0.05) is 17.9 Å². The van der Waals surface area contributed by atoms with Crippen LogP contribution in [0.2, 0.25) is 0 Å². The summed E-state index contributed by atoms with van der Waals surface area (Å²) in [5.74, 6) is 0.776. The fraction of sp³-hybridized carbons (Fsp3) is 0.308. The van der Waals surface area contributed by atoms with Gasteiger partial charge < -0.3 is 14.4 Å². The van der Waals surface area contributed by atoms with Gasteiger partial charge in [0.25, 0.3) is 0 Å². The van der Waals surface area contributed by atoms with Crippen LogP contribution in [-0.4, -0.2) is 25.7 Å². The summed E-state index contributed by atoms with van der Waals surface area (Å²) in [6.45, 7) is 4.68. The molecule has 0 atom stereocenters. The summed E-state index contributed by atoms with van der Waals surface area (Å²) in [6.07, 6.45) is 1.87. The first-order chi connectivity index (χ1) is 15.0. The summed E-state index contributed by atoms with van der Waals surface area (Å²) >= 11 is 0. The number of rotatable bonds is 7. The van der Waals surface area contributed by atoms with E-state index in [0.717, 1.165) is 36.3 Å². The number of hydrogen-bond acceptors (Lipinski definition) is 5. The molecule has 0 fully saturated rings. The Kier molecular flexibility index (Phi) is 7.00. The first-order valence-corrected chi connectivity index (χ1v) is 10.3. The molecule has 0 aliphatic carbocycles. The second-order valence-corrected chi connectivity index (χ2v) is 7.51. The van der Waals surface area contributed by atoms with Crippen molar-refractivity contribution >= 4 is 0 Å². The second-order valence-electron chi connectivity index (χ2n) is 7.51. The monoisotopic (exact) mass is 413 g/mol. The standard InChI is InChI=1S/C26H27N3O2/c1-18-22(16-27)26(21-12-13-24(30-3)25(15-21)31-4)23(17-28)19(2)29(18)14-8-11-20-9-6-5-7-10-20/h5-7,9-10,12-13,15,26H,8,11,14H2,1-4H3. The van der Waals surface area contributed by atoms with Crippen LogP contribution in [0.1, 0.15) is 37.3 Å². The van der Waals surface area contributed by atoms with E-state index in [4.69, 9.17) is 9.47 Å². The van der Waals surface area contributed by atoms with Crippen molar-refractivity contribution in [3.8, 4) is 23.6 Å². The number of nitrogens with zero attached hydrogens (tertiary/aromatic N) is 3. The minimum absolute atomic E-state index is 0.417. The van der Waals surface area contributed by atoms with E-state index in [2.05, 4.69) is 29.2 Å². The van der Waals surface area contributed by atoms with Crippen molar-refractivity contribution in [1.82, 2.24) is 4.90 Å². The molecule has 158 valence electrons. The molecule has 2 aromatic rings. The fourth-order valence-electron chi connectivity index (χ4n) is 4.18. The van der Waals surface area contributed by atoms with E-state index < -0.39 is 5.92 Å². The predicted molar refractivity (Wildman–Crippen MR) is 120 cm³/mol. The number of hydrogen-bond donors (Lipinski definition) is 0. The summed E-state index contributed by atoms with van der Waals surface area (Å²) < 4.78 is 10.8. The molecule has 0 radical (unpaired) electrons. The van der Waals surface area contributed by atoms with Crippen molar-refractivity contribution in [3.63, 3.8) is 0 Å². The second kappa shape index (κ2) is 9.87. The first-order valence-electron chi connectivity index (χ1n) is 10.3. The maximum Gasteiger partial charge on any atom is 0.161 e. The van der Waals surface area contributed by atoms with Gasteiger partial charge in [-0.1, -0.05) is 36.4 Å². The van der Waals surface area contributed by atoms with E-state index in [-0.39, 0.29) is 0 Å². The number of aryl methyl sites for hydroxylation is 1. The van der Waals surface area contributed by atoms with E-state index in [9.17, 15) is 10.5 Å². The SMILES string of the molecule is COc1ccc(C2C(C#N)=C(C)N(CCCc3ccccc3)C(C)=C2C#N)cc1OC. The molecule has 1 aliphatic rings. The third-order valence-electron chi connectivity index (χ3n) is 5.84. The molecule has 0 saturated heterocycles. The average Bonchev–Trinajstić information content (AvgIpc) is 2.81. The minimum atomic E-state index is -0.417. The van der Waals surface area contributed by atoms with Crippen molar-refractivity contribution in [1.29, 1.82) is 10.5 Å². The Balaban J connectivity index is 1.94. The Bertz CT molecular complexity index is 1050. The molecule has 0 N–H and O–H groups in total. The lowest BCUT2D eigenvalue weighted by molar-refractivity contribution is 0.354. The summed E-state index contributed by atoms with van der Waals surface area (Å²) in [7, 11) is 3.16. The molecular formula is C26H27N3O2. The number of benzene rings is 2. The van der Waals surface area contributed by atoms with Crippen molar-refractivity contribution in [2.45, 2.75) is 32.6 Å². The van der Waals surface area contributed by atoms with Crippen LogP contribution in [-0.2, 0) is 6.42 Å². The van der Waals surface area contributed by atoms with Crippen LogP contribution >= 0.6 is 0 Å². The highest BCUT2D eigenvalue weighted by atomic mass is 16.5. The van der Waals surface area contributed by atoms with Gasteiger partial charge in [0.05, 0.1) is 43.4 Å². The zero-order valence-corrected chi connectivity index (χ0v) is 18.5. The van der Waals surface area contributed by atoms with E-state index in [0.29, 0.717) is 22.6 Å². The lowest BCUT2D eigenvalue weighted by Crippen LogP contribution is -2.30. The van der Waals surface area contributed by atoms with Gasteiger partial charge in [0.2, 0.25) is 0 Å². The summed E-state index contributed by atoms with van der Waals surface area (Å²) in [4.78, 5) is 2.11. The average molecular weight is 414 g/mol. The molecule has 5 heteroatoms. The van der Waals surface area contributed by atoms with Crippen molar-refractivity contribution < 1.29 is 9.47 Å². The molecule has 0 bridgehead atoms. The van der Waals surface area contributed by atoms with Crippen LogP contribution in [0.3, 0.4) is 0 Å². The smallest absolute Gasteiger partial charge is 0.161 e. The highest BCUT2D eigenvalue weighted by Gasteiger charge is 2.33. The summed E-state index contributed by atoms with van der Waals surface area (Å²) in [5, 5.41) is 20.0. The van der Waals surface area contributed by atoms with Crippen LogP contribution < -0.4 is 9.47 Å². The maximum atomic E-state index is 10.0. The third-order valence-corrected chi connectivity index (χ3v) is 5.84. The number of ether oxygens (including phenoxy) is 2. The van der Waals surface area contributed by atoms with Crippen LogP contribution in [0.25, 0.3) is 0 Å². The van der Waals surface area contributed by atoms with Gasteiger partial charge in [0.1, 0.15) is 0 Å². The molecule has 0 unspecified atom stereocenters. The highest BCUT2D eigenvalue weighted by molar-refractivity contribution is 5.57. The molecule has 0 amide bonds. The van der Waals surface area contributed by atoms with Crippen molar-refractivity contribution in [2.75, 3.05) is 20.8 Å². The highest BCUT2D eigenvalue weighted by Crippen LogP contribution is 2.43. The van der Waals surface area contributed by atoms with E-state index in [1.54, 1.807) is 14.2 Å². The van der Waals surface area contributed by atoms with Crippen LogP contribution in [0.5, 0.6) is 11.5 Å². The van der Waals surface area contributed by atoms with Gasteiger partial charge in [-0.3, -0.25) is 0 Å². The molecule has 1 aliphatic heterocycles. The third kappa shape index (κ3) is 4.42. The fourth-order valence-corrected chi connectivity index (χ4v) is 4.18. The normalized spacial score (nSPS) is 14.3. The van der Waals surface area contributed by atoms with Crippen LogP contribution in [0.4, 0.5) is 0 Å². The topological polar surface area (TPSA) is 69.3 Å². The Hall–Kier alpha value is -3.70. The Morgan fingerprint density at radius 3 is 2.03 bits per heavy atom. The molecule has 3 rings (SSSR count). The molecular weight excluding hydrogens is 386 g/mol. The van der Waals surface area contributed by atoms with Gasteiger partial charge in [0.15, 0.2) is 11.5 Å². The zero-order chi connectivity index (χ0) is 22.4. The number of nitriles is 2. The van der Waals surface area contributed by atoms with E-state index >= 15 is 0 Å². The Morgan fingerprint density at radius 1 is 0.871 bits per heavy atom. The molecule has 31 heavy (non-hydrogen) atoms. The Morgan fingerprint density at radius 2 is 1.48 bits per heavy atom. The molecule has 0 aromatic heterocycles. The van der Waals surface area contributed by atoms with Crippen molar-refractivity contribution in [2.24, 2.45) is 0 Å². The number of allylic oxidation sites excluding steroid dienone is 4. The lowest BCUT2D eigenvalue weighted by atomic mass is 9.80. The van der Waals surface area contributed by atoms with Gasteiger partial charge in [-0.15, -0.1) is 0 Å². The van der Waals surface area contributed by atoms with Gasteiger partial charge in [-0.2, -0.15) is 10.5 Å². The largest absolute Gasteiger partial charge is 0.493 e. The molecule has 5 nitrogen and oxygen atoms in total. The lowest BCUT2D eigenvalue weighted by Gasteiger charge is -2.35. The first kappa shape index (κ1) is 22.0. The molecule has 1 heterocycles. The quantitative estimate of drug-likeness (QED) is 0.613. The van der Waals surface area contributed by atoms with E-state index in [1.165, 1.54) is 5.56 Å². The van der Waals surface area contributed by atoms with Gasteiger partial charge >= 0.3 is 0 Å². The number of methoxy groups -OCH3 is 2. The Labute approximate surface area is 184 Å². The zero-order valence-electron chi connectivity index (χ0n) is 18.5. The molecule has 2 aromatic carbocycles. The summed E-state index contributed by atoms with van der Waals surface area (Å²) in [6, 6.07) is 20.6. The maximum absolute atomic E-state index is 10.0. The van der Waals surface area contributed by atoms with Crippen molar-refractivity contribution in [3.05, 3.63) is 82.2 Å². The van der Waals surface area contributed by atoms with Crippen LogP contribution in [0, 0.1) is 22.7 Å². The predicted octanol–water partition coefficient (Wildman–Crippen LogP) is 5.33. The van der Waals surface area contributed by atoms with E-state index in [1.807, 2.05) is 50.2 Å². The van der Waals surface area contributed by atoms with Crippen LogP contribution in [0.15, 0.2) is 71.1 Å². The molecule has 0 spiro atoms. The van der Waals surface area contributed by atoms with Gasteiger partial charge in [-0.25, -0.2) is 0 Å². The molecule has 0 saturated carbocycles. The summed E-state index contributed by atoms with van der Waals surface area (Å²) in [5.41, 5.74) is 5.10. The minimum Gasteiger partial charge on any atom is -0.493 e.